The van der Waals surface area contributed by atoms with Crippen molar-refractivity contribution in [1.82, 2.24) is 4.98 Å². The third-order valence-corrected chi connectivity index (χ3v) is 5.74. The summed E-state index contributed by atoms with van der Waals surface area (Å²) in [6, 6.07) is 12.7. The fraction of sp³-hybridized carbons (Fsp3) is 0.0741. The average molecular weight is 514 g/mol. The van der Waals surface area contributed by atoms with Gasteiger partial charge in [0.2, 0.25) is 5.89 Å². The number of nitrogen functional groups attached to an aromatic ring is 1. The molecule has 5 rings (SSSR count). The summed E-state index contributed by atoms with van der Waals surface area (Å²) in [5.74, 6) is -2.33. The van der Waals surface area contributed by atoms with Crippen molar-refractivity contribution in [1.29, 1.82) is 0 Å². The molecule has 0 fully saturated rings. The number of hydrogen-bond acceptors (Lipinski definition) is 4. The van der Waals surface area contributed by atoms with Crippen molar-refractivity contribution in [3.8, 4) is 39.5 Å². The molecule has 0 saturated carbocycles. The van der Waals surface area contributed by atoms with Gasteiger partial charge in [0, 0.05) is 34.0 Å². The number of fused-ring (bicyclic) bond motifs is 1. The fourth-order valence-electron chi connectivity index (χ4n) is 4.00. The number of nitrogens with two attached hydrogens (primary N) is 1. The van der Waals surface area contributed by atoms with Crippen LogP contribution in [0.1, 0.15) is 5.56 Å². The van der Waals surface area contributed by atoms with Gasteiger partial charge >= 0.3 is 6.18 Å². The van der Waals surface area contributed by atoms with E-state index in [2.05, 4.69) is 4.98 Å². The molecule has 4 nitrogen and oxygen atoms in total. The van der Waals surface area contributed by atoms with Crippen LogP contribution in [0.5, 0.6) is 5.75 Å². The van der Waals surface area contributed by atoms with Crippen LogP contribution in [0.2, 0.25) is 0 Å². The molecule has 5 aromatic rings. The molecule has 1 heterocycles. The second-order valence-corrected chi connectivity index (χ2v) is 8.20. The molecule has 0 aliphatic heterocycles. The first kappa shape index (κ1) is 24.2. The van der Waals surface area contributed by atoms with Gasteiger partial charge in [0.25, 0.3) is 0 Å². The van der Waals surface area contributed by atoms with Crippen LogP contribution >= 0.6 is 0 Å². The van der Waals surface area contributed by atoms with E-state index in [1.165, 1.54) is 31.4 Å². The lowest BCUT2D eigenvalue weighted by Gasteiger charge is -2.14. The zero-order chi connectivity index (χ0) is 26.5. The third-order valence-electron chi connectivity index (χ3n) is 5.74. The van der Waals surface area contributed by atoms with Crippen LogP contribution in [-0.2, 0) is 6.18 Å². The second-order valence-electron chi connectivity index (χ2n) is 8.20. The molecule has 0 radical (unpaired) electrons. The second kappa shape index (κ2) is 8.88. The summed E-state index contributed by atoms with van der Waals surface area (Å²) < 4.78 is 94.2. The Labute approximate surface area is 205 Å². The minimum Gasteiger partial charge on any atom is -0.496 e. The molecule has 0 aliphatic carbocycles. The smallest absolute Gasteiger partial charge is 0.416 e. The Morgan fingerprint density at radius 2 is 1.51 bits per heavy atom. The van der Waals surface area contributed by atoms with Gasteiger partial charge in [-0.2, -0.15) is 13.2 Å². The predicted molar refractivity (Wildman–Crippen MR) is 126 cm³/mol. The number of methoxy groups -OCH3 is 1. The van der Waals surface area contributed by atoms with Gasteiger partial charge in [0.15, 0.2) is 5.58 Å². The van der Waals surface area contributed by atoms with Crippen LogP contribution in [0.4, 0.5) is 32.0 Å². The molecule has 188 valence electrons. The number of rotatable bonds is 4. The molecule has 0 saturated heterocycles. The number of oxazole rings is 1. The first-order chi connectivity index (χ1) is 17.5. The molecule has 37 heavy (non-hydrogen) atoms. The summed E-state index contributed by atoms with van der Waals surface area (Å²) in [6.07, 6.45) is -4.57. The highest BCUT2D eigenvalue weighted by Gasteiger charge is 2.31. The van der Waals surface area contributed by atoms with E-state index in [9.17, 15) is 26.3 Å². The number of alkyl halides is 3. The Bertz CT molecular complexity index is 1660. The minimum atomic E-state index is -4.57. The highest BCUT2D eigenvalue weighted by atomic mass is 19.4. The Morgan fingerprint density at radius 1 is 0.784 bits per heavy atom. The summed E-state index contributed by atoms with van der Waals surface area (Å²) in [5.41, 5.74) is 5.24. The Balaban J connectivity index is 1.64. The van der Waals surface area contributed by atoms with Crippen molar-refractivity contribution in [3.63, 3.8) is 0 Å². The van der Waals surface area contributed by atoms with Crippen molar-refractivity contribution in [2.24, 2.45) is 0 Å². The van der Waals surface area contributed by atoms with Crippen LogP contribution in [0.25, 0.3) is 44.8 Å². The summed E-state index contributed by atoms with van der Waals surface area (Å²) >= 11 is 0. The largest absolute Gasteiger partial charge is 0.496 e. The first-order valence-electron chi connectivity index (χ1n) is 10.8. The SMILES string of the molecule is COc1cc(F)c(-c2ccc(N)cc2F)cc1-c1cc(F)cc(-c2nc3cc(C(F)(F)F)ccc3o2)c1. The summed E-state index contributed by atoms with van der Waals surface area (Å²) in [5, 5.41) is 0. The summed E-state index contributed by atoms with van der Waals surface area (Å²) in [6.45, 7) is 0. The molecule has 0 spiro atoms. The van der Waals surface area contributed by atoms with Crippen LogP contribution in [0, 0.1) is 17.5 Å². The number of halogens is 6. The summed E-state index contributed by atoms with van der Waals surface area (Å²) in [4.78, 5) is 4.09. The van der Waals surface area contributed by atoms with Crippen molar-refractivity contribution in [3.05, 3.63) is 89.7 Å². The average Bonchev–Trinajstić information content (AvgIpc) is 3.27. The third kappa shape index (κ3) is 4.57. The number of ether oxygens (including phenoxy) is 1. The van der Waals surface area contributed by atoms with E-state index in [4.69, 9.17) is 14.9 Å². The number of aromatic nitrogens is 1. The molecular formula is C27H16F6N2O2. The van der Waals surface area contributed by atoms with Crippen molar-refractivity contribution in [2.45, 2.75) is 6.18 Å². The van der Waals surface area contributed by atoms with Crippen molar-refractivity contribution < 1.29 is 35.5 Å². The standard InChI is InChI=1S/C27H16F6N2O2/c1-36-25-12-22(30)20(18-4-3-17(34)10-21(18)29)11-19(25)13-6-14(8-16(28)7-13)26-35-23-9-15(27(31,32)33)2-5-24(23)37-26/h2-12H,34H2,1H3. The molecule has 0 amide bonds. The molecule has 0 atom stereocenters. The number of nitrogens with zero attached hydrogens (tertiary/aromatic N) is 1. The highest BCUT2D eigenvalue weighted by molar-refractivity contribution is 5.82. The lowest BCUT2D eigenvalue weighted by molar-refractivity contribution is -0.137. The molecule has 0 bridgehead atoms. The van der Waals surface area contributed by atoms with E-state index >= 15 is 0 Å². The normalized spacial score (nSPS) is 11.8. The summed E-state index contributed by atoms with van der Waals surface area (Å²) in [7, 11) is 1.29. The van der Waals surface area contributed by atoms with E-state index in [1.807, 2.05) is 0 Å². The van der Waals surface area contributed by atoms with Gasteiger partial charge in [-0.15, -0.1) is 0 Å². The highest BCUT2D eigenvalue weighted by Crippen LogP contribution is 2.40. The van der Waals surface area contributed by atoms with Crippen LogP contribution in [0.3, 0.4) is 0 Å². The maximum absolute atomic E-state index is 14.9. The zero-order valence-electron chi connectivity index (χ0n) is 19.0. The van der Waals surface area contributed by atoms with Crippen LogP contribution in [0.15, 0.2) is 71.1 Å². The Hall–Kier alpha value is -4.47. The maximum Gasteiger partial charge on any atom is 0.416 e. The molecule has 10 heteroatoms. The topological polar surface area (TPSA) is 61.3 Å². The molecule has 0 unspecified atom stereocenters. The van der Waals surface area contributed by atoms with Gasteiger partial charge in [-0.3, -0.25) is 0 Å². The van der Waals surface area contributed by atoms with Gasteiger partial charge in [0.1, 0.15) is 28.7 Å². The lowest BCUT2D eigenvalue weighted by atomic mass is 9.96. The molecule has 0 aliphatic rings. The van der Waals surface area contributed by atoms with Gasteiger partial charge in [-0.1, -0.05) is 0 Å². The van der Waals surface area contributed by atoms with E-state index < -0.39 is 29.2 Å². The van der Waals surface area contributed by atoms with Crippen molar-refractivity contribution >= 4 is 16.8 Å². The zero-order valence-corrected chi connectivity index (χ0v) is 19.0. The molecular weight excluding hydrogens is 498 g/mol. The number of anilines is 1. The number of hydrogen-bond donors (Lipinski definition) is 1. The molecule has 1 aromatic heterocycles. The van der Waals surface area contributed by atoms with E-state index in [-0.39, 0.29) is 56.2 Å². The minimum absolute atomic E-state index is 0.0426. The Morgan fingerprint density at radius 3 is 2.22 bits per heavy atom. The monoisotopic (exact) mass is 514 g/mol. The lowest BCUT2D eigenvalue weighted by Crippen LogP contribution is -2.03. The quantitative estimate of drug-likeness (QED) is 0.196. The van der Waals surface area contributed by atoms with Gasteiger partial charge in [0.05, 0.1) is 12.7 Å². The fourth-order valence-corrected chi connectivity index (χ4v) is 4.00. The van der Waals surface area contributed by atoms with Crippen LogP contribution in [-0.4, -0.2) is 12.1 Å². The van der Waals surface area contributed by atoms with Crippen LogP contribution < -0.4 is 10.5 Å². The van der Waals surface area contributed by atoms with E-state index in [0.717, 1.165) is 42.5 Å². The maximum atomic E-state index is 14.9. The van der Waals surface area contributed by atoms with Gasteiger partial charge < -0.3 is 14.9 Å². The first-order valence-corrected chi connectivity index (χ1v) is 10.8. The van der Waals surface area contributed by atoms with Gasteiger partial charge in [-0.25, -0.2) is 18.2 Å². The Kier molecular flexibility index (Phi) is 5.82. The molecule has 2 N–H and O–H groups in total. The molecule has 4 aromatic carbocycles. The van der Waals surface area contributed by atoms with E-state index in [0.29, 0.717) is 0 Å². The van der Waals surface area contributed by atoms with E-state index in [1.54, 1.807) is 0 Å². The number of benzene rings is 4. The van der Waals surface area contributed by atoms with Gasteiger partial charge in [-0.05, 0) is 66.2 Å². The van der Waals surface area contributed by atoms with Crippen molar-refractivity contribution in [2.75, 3.05) is 12.8 Å². The predicted octanol–water partition coefficient (Wildman–Crippen LogP) is 7.86.